The molecule has 98 valence electrons. The van der Waals surface area contributed by atoms with Crippen molar-refractivity contribution in [1.29, 1.82) is 0 Å². The zero-order valence-corrected chi connectivity index (χ0v) is 10.1. The molecule has 1 saturated heterocycles. The third-order valence-electron chi connectivity index (χ3n) is 3.44. The van der Waals surface area contributed by atoms with Crippen LogP contribution in [0.4, 0.5) is 4.79 Å². The molecule has 0 bridgehead atoms. The monoisotopic (exact) mass is 253 g/mol. The number of urea groups is 1. The molecule has 1 aliphatic carbocycles. The van der Waals surface area contributed by atoms with Gasteiger partial charge in [-0.25, -0.2) is 4.79 Å². The number of nitrogens with zero attached hydrogens (tertiary/aromatic N) is 1. The summed E-state index contributed by atoms with van der Waals surface area (Å²) in [5.41, 5.74) is -1.11. The molecule has 7 heteroatoms. The van der Waals surface area contributed by atoms with Crippen LogP contribution in [-0.4, -0.2) is 41.7 Å². The largest absolute Gasteiger partial charge is 0.355 e. The molecule has 1 aliphatic heterocycles. The Kier molecular flexibility index (Phi) is 3.06. The summed E-state index contributed by atoms with van der Waals surface area (Å²) < 4.78 is 0. The van der Waals surface area contributed by atoms with Gasteiger partial charge in [0.2, 0.25) is 17.7 Å². The number of hydrogen-bond acceptors (Lipinski definition) is 4. The molecule has 2 fully saturated rings. The Balaban J connectivity index is 2.14. The Morgan fingerprint density at radius 1 is 1.39 bits per heavy atom. The van der Waals surface area contributed by atoms with Crippen molar-refractivity contribution in [2.45, 2.75) is 26.2 Å². The van der Waals surface area contributed by atoms with Gasteiger partial charge in [-0.1, -0.05) is 6.42 Å². The molecule has 0 unspecified atom stereocenters. The zero-order valence-electron chi connectivity index (χ0n) is 10.1. The molecule has 0 aromatic rings. The normalized spacial score (nSPS) is 21.6. The maximum absolute atomic E-state index is 12.2. The fraction of sp³-hybridized carbons (Fsp3) is 0.636. The number of likely N-dealkylation sites (N-methyl/N-ethyl adjacent to an activating group) is 1. The van der Waals surface area contributed by atoms with Gasteiger partial charge in [-0.15, -0.1) is 0 Å². The quantitative estimate of drug-likeness (QED) is 0.655. The van der Waals surface area contributed by atoms with Gasteiger partial charge in [0.15, 0.2) is 0 Å². The number of imide groups is 2. The summed E-state index contributed by atoms with van der Waals surface area (Å²) in [7, 11) is 0. The number of amides is 5. The van der Waals surface area contributed by atoms with Crippen LogP contribution in [0.1, 0.15) is 26.2 Å². The Bertz CT molecular complexity index is 428. The highest BCUT2D eigenvalue weighted by molar-refractivity contribution is 6.20. The average Bonchev–Trinajstić information content (AvgIpc) is 2.22. The molecule has 2 aliphatic rings. The molecule has 5 amide bonds. The van der Waals surface area contributed by atoms with Gasteiger partial charge in [-0.05, 0) is 19.8 Å². The second kappa shape index (κ2) is 4.40. The van der Waals surface area contributed by atoms with Gasteiger partial charge >= 0.3 is 6.03 Å². The van der Waals surface area contributed by atoms with E-state index >= 15 is 0 Å². The van der Waals surface area contributed by atoms with E-state index in [9.17, 15) is 19.2 Å². The van der Waals surface area contributed by atoms with Crippen LogP contribution in [-0.2, 0) is 14.4 Å². The van der Waals surface area contributed by atoms with Crippen LogP contribution in [0, 0.1) is 5.41 Å². The molecule has 0 atom stereocenters. The zero-order chi connectivity index (χ0) is 13.3. The van der Waals surface area contributed by atoms with Crippen molar-refractivity contribution in [2.75, 3.05) is 13.1 Å². The average molecular weight is 253 g/mol. The maximum atomic E-state index is 12.2. The van der Waals surface area contributed by atoms with Gasteiger partial charge in [0, 0.05) is 6.54 Å². The molecule has 0 aromatic carbocycles. The first kappa shape index (κ1) is 12.5. The molecule has 1 heterocycles. The molecule has 1 saturated carbocycles. The predicted octanol–water partition coefficient (Wildman–Crippen LogP) is -0.629. The van der Waals surface area contributed by atoms with Gasteiger partial charge in [0.25, 0.3) is 0 Å². The van der Waals surface area contributed by atoms with E-state index in [4.69, 9.17) is 0 Å². The lowest BCUT2D eigenvalue weighted by molar-refractivity contribution is -0.158. The van der Waals surface area contributed by atoms with Crippen molar-refractivity contribution >= 4 is 23.8 Å². The fourth-order valence-electron chi connectivity index (χ4n) is 2.24. The van der Waals surface area contributed by atoms with E-state index in [1.165, 1.54) is 0 Å². The predicted molar refractivity (Wildman–Crippen MR) is 60.2 cm³/mol. The van der Waals surface area contributed by atoms with Crippen molar-refractivity contribution in [2.24, 2.45) is 5.41 Å². The number of carbonyl (C=O) groups is 4. The van der Waals surface area contributed by atoms with Gasteiger partial charge in [-0.2, -0.15) is 0 Å². The van der Waals surface area contributed by atoms with Gasteiger partial charge in [-0.3, -0.25) is 24.6 Å². The lowest BCUT2D eigenvalue weighted by atomic mass is 9.66. The minimum Gasteiger partial charge on any atom is -0.355 e. The number of barbiturate groups is 1. The molecule has 18 heavy (non-hydrogen) atoms. The van der Waals surface area contributed by atoms with Crippen LogP contribution in [0.15, 0.2) is 0 Å². The van der Waals surface area contributed by atoms with Crippen molar-refractivity contribution in [3.8, 4) is 0 Å². The Morgan fingerprint density at radius 3 is 2.56 bits per heavy atom. The van der Waals surface area contributed by atoms with Gasteiger partial charge in [0.05, 0.1) is 0 Å². The van der Waals surface area contributed by atoms with E-state index in [1.807, 2.05) is 0 Å². The minimum atomic E-state index is -1.11. The van der Waals surface area contributed by atoms with Crippen molar-refractivity contribution in [3.05, 3.63) is 0 Å². The smallest absolute Gasteiger partial charge is 0.331 e. The molecule has 1 spiro atoms. The van der Waals surface area contributed by atoms with Gasteiger partial charge in [0.1, 0.15) is 12.0 Å². The summed E-state index contributed by atoms with van der Waals surface area (Å²) in [5, 5.41) is 4.66. The highest BCUT2D eigenvalue weighted by atomic mass is 16.2. The summed E-state index contributed by atoms with van der Waals surface area (Å²) in [4.78, 5) is 47.7. The van der Waals surface area contributed by atoms with Crippen molar-refractivity contribution in [1.82, 2.24) is 15.5 Å². The molecule has 7 nitrogen and oxygen atoms in total. The number of hydrogen-bond donors (Lipinski definition) is 2. The van der Waals surface area contributed by atoms with Crippen LogP contribution in [0.2, 0.25) is 0 Å². The summed E-state index contributed by atoms with van der Waals surface area (Å²) in [6, 6.07) is -0.811. The van der Waals surface area contributed by atoms with Crippen LogP contribution in [0.5, 0.6) is 0 Å². The summed E-state index contributed by atoms with van der Waals surface area (Å²) >= 11 is 0. The Labute approximate surface area is 104 Å². The molecular weight excluding hydrogens is 238 g/mol. The van der Waals surface area contributed by atoms with Crippen molar-refractivity contribution < 1.29 is 19.2 Å². The number of carbonyl (C=O) groups excluding carboxylic acids is 4. The fourth-order valence-corrected chi connectivity index (χ4v) is 2.24. The van der Waals surface area contributed by atoms with E-state index < -0.39 is 29.2 Å². The Morgan fingerprint density at radius 2 is 2.06 bits per heavy atom. The first-order valence-corrected chi connectivity index (χ1v) is 5.95. The second-order valence-corrected chi connectivity index (χ2v) is 4.54. The highest BCUT2D eigenvalue weighted by Gasteiger charge is 2.57. The van der Waals surface area contributed by atoms with Crippen LogP contribution in [0.25, 0.3) is 0 Å². The van der Waals surface area contributed by atoms with E-state index in [0.717, 1.165) is 11.3 Å². The highest BCUT2D eigenvalue weighted by Crippen LogP contribution is 2.44. The first-order chi connectivity index (χ1) is 8.51. The van der Waals surface area contributed by atoms with E-state index in [2.05, 4.69) is 10.6 Å². The lowest BCUT2D eigenvalue weighted by Gasteiger charge is -2.44. The second-order valence-electron chi connectivity index (χ2n) is 4.54. The summed E-state index contributed by atoms with van der Waals surface area (Å²) in [6.07, 6.45) is 1.66. The van der Waals surface area contributed by atoms with E-state index in [-0.39, 0.29) is 6.54 Å². The number of nitrogens with one attached hydrogen (secondary N) is 2. The molecule has 0 radical (unpaired) electrons. The van der Waals surface area contributed by atoms with Crippen molar-refractivity contribution in [3.63, 3.8) is 0 Å². The van der Waals surface area contributed by atoms with Crippen LogP contribution < -0.4 is 10.6 Å². The Hall–Kier alpha value is -1.92. The number of rotatable bonds is 3. The van der Waals surface area contributed by atoms with Crippen LogP contribution in [0.3, 0.4) is 0 Å². The molecular formula is C11H15N3O4. The summed E-state index contributed by atoms with van der Waals surface area (Å²) in [5.74, 6) is -1.49. The molecule has 0 aromatic heterocycles. The molecule has 2 rings (SSSR count). The van der Waals surface area contributed by atoms with Crippen LogP contribution >= 0.6 is 0 Å². The standard InChI is InChI=1S/C11H15N3O4/c1-2-12-7(15)6-14-9(17)11(4-3-5-11)8(16)13-10(14)18/h2-6H2,1H3,(H,12,15)(H,13,16,18). The molecule has 2 N–H and O–H groups in total. The third-order valence-corrected chi connectivity index (χ3v) is 3.44. The minimum absolute atomic E-state index is 0.340. The third kappa shape index (κ3) is 1.75. The SMILES string of the molecule is CCNC(=O)CN1C(=O)NC(=O)C2(CCC2)C1=O. The lowest BCUT2D eigenvalue weighted by Crippen LogP contribution is -2.67. The first-order valence-electron chi connectivity index (χ1n) is 5.95. The topological polar surface area (TPSA) is 95.6 Å². The van der Waals surface area contributed by atoms with Gasteiger partial charge < -0.3 is 5.32 Å². The maximum Gasteiger partial charge on any atom is 0.331 e. The van der Waals surface area contributed by atoms with E-state index in [0.29, 0.717) is 19.4 Å². The van der Waals surface area contributed by atoms with E-state index in [1.54, 1.807) is 6.92 Å². The summed E-state index contributed by atoms with van der Waals surface area (Å²) in [6.45, 7) is 1.83.